The standard InChI is InChI=1S/C14H17NO6/c1-13(9-15(18)19)8-14(2,12(17)21-13)20-11(16)10-6-4-3-5-7-10/h3-7,12,17H,8-9H2,1-2H3/t12?,13-,14?/m0/s1. The van der Waals surface area contributed by atoms with Gasteiger partial charge in [0.15, 0.2) is 11.9 Å². The molecule has 1 aliphatic heterocycles. The molecule has 7 heteroatoms. The van der Waals surface area contributed by atoms with E-state index >= 15 is 0 Å². The largest absolute Gasteiger partial charge is 0.450 e. The molecule has 0 aromatic heterocycles. The van der Waals surface area contributed by atoms with Crippen molar-refractivity contribution >= 4 is 5.97 Å². The van der Waals surface area contributed by atoms with Crippen molar-refractivity contribution < 1.29 is 24.3 Å². The van der Waals surface area contributed by atoms with E-state index in [1.807, 2.05) is 0 Å². The molecule has 0 aliphatic carbocycles. The number of hydrogen-bond acceptors (Lipinski definition) is 6. The Morgan fingerprint density at radius 1 is 1.48 bits per heavy atom. The molecule has 0 amide bonds. The highest BCUT2D eigenvalue weighted by Gasteiger charge is 2.55. The van der Waals surface area contributed by atoms with E-state index in [0.29, 0.717) is 5.56 Å². The Morgan fingerprint density at radius 3 is 2.67 bits per heavy atom. The maximum atomic E-state index is 12.1. The Kier molecular flexibility index (Phi) is 3.97. The summed E-state index contributed by atoms with van der Waals surface area (Å²) in [7, 11) is 0. The Labute approximate surface area is 121 Å². The molecule has 0 spiro atoms. The highest BCUT2D eigenvalue weighted by atomic mass is 16.7. The van der Waals surface area contributed by atoms with E-state index in [9.17, 15) is 20.0 Å². The van der Waals surface area contributed by atoms with E-state index in [1.54, 1.807) is 30.3 Å². The van der Waals surface area contributed by atoms with Gasteiger partial charge in [-0.25, -0.2) is 4.79 Å². The average molecular weight is 295 g/mol. The van der Waals surface area contributed by atoms with Gasteiger partial charge in [0.1, 0.15) is 5.60 Å². The van der Waals surface area contributed by atoms with Crippen LogP contribution in [0.4, 0.5) is 0 Å². The maximum Gasteiger partial charge on any atom is 0.338 e. The Balaban J connectivity index is 2.12. The molecule has 1 N–H and O–H groups in total. The third-order valence-electron chi connectivity index (χ3n) is 3.44. The highest BCUT2D eigenvalue weighted by molar-refractivity contribution is 5.89. The number of benzene rings is 1. The van der Waals surface area contributed by atoms with Crippen molar-refractivity contribution in [2.24, 2.45) is 0 Å². The van der Waals surface area contributed by atoms with Gasteiger partial charge in [-0.2, -0.15) is 0 Å². The van der Waals surface area contributed by atoms with Crippen LogP contribution in [0, 0.1) is 10.1 Å². The molecular weight excluding hydrogens is 278 g/mol. The quantitative estimate of drug-likeness (QED) is 0.512. The molecule has 1 heterocycles. The molecular formula is C14H17NO6. The summed E-state index contributed by atoms with van der Waals surface area (Å²) >= 11 is 0. The molecule has 1 fully saturated rings. The van der Waals surface area contributed by atoms with E-state index in [2.05, 4.69) is 0 Å². The second-order valence-corrected chi connectivity index (χ2v) is 5.66. The van der Waals surface area contributed by atoms with Crippen LogP contribution in [0.2, 0.25) is 0 Å². The molecule has 0 bridgehead atoms. The zero-order chi connectivity index (χ0) is 15.7. The molecule has 1 aliphatic rings. The molecule has 1 aromatic carbocycles. The van der Waals surface area contributed by atoms with Gasteiger partial charge >= 0.3 is 5.97 Å². The number of ether oxygens (including phenoxy) is 2. The third kappa shape index (κ3) is 3.37. The monoisotopic (exact) mass is 295 g/mol. The first-order valence-electron chi connectivity index (χ1n) is 6.50. The van der Waals surface area contributed by atoms with Crippen LogP contribution in [0.3, 0.4) is 0 Å². The van der Waals surface area contributed by atoms with E-state index in [1.165, 1.54) is 13.8 Å². The topological polar surface area (TPSA) is 98.9 Å². The van der Waals surface area contributed by atoms with Crippen LogP contribution in [-0.4, -0.2) is 40.0 Å². The van der Waals surface area contributed by atoms with Crippen molar-refractivity contribution in [2.45, 2.75) is 37.8 Å². The normalized spacial score (nSPS) is 31.9. The lowest BCUT2D eigenvalue weighted by molar-refractivity contribution is -0.501. The van der Waals surface area contributed by atoms with Crippen LogP contribution in [0.15, 0.2) is 30.3 Å². The van der Waals surface area contributed by atoms with Gasteiger partial charge in [-0.1, -0.05) is 18.2 Å². The van der Waals surface area contributed by atoms with Gasteiger partial charge in [-0.05, 0) is 26.0 Å². The minimum Gasteiger partial charge on any atom is -0.450 e. The second-order valence-electron chi connectivity index (χ2n) is 5.66. The summed E-state index contributed by atoms with van der Waals surface area (Å²) in [6.07, 6.45) is -1.36. The van der Waals surface area contributed by atoms with Crippen molar-refractivity contribution in [2.75, 3.05) is 6.54 Å². The maximum absolute atomic E-state index is 12.1. The number of carbonyl (C=O) groups is 1. The molecule has 0 radical (unpaired) electrons. The van der Waals surface area contributed by atoms with E-state index < -0.39 is 34.9 Å². The molecule has 2 unspecified atom stereocenters. The number of esters is 1. The zero-order valence-corrected chi connectivity index (χ0v) is 11.8. The lowest BCUT2D eigenvalue weighted by Crippen LogP contribution is -2.40. The third-order valence-corrected chi connectivity index (χ3v) is 3.44. The summed E-state index contributed by atoms with van der Waals surface area (Å²) in [6, 6.07) is 8.32. The first kappa shape index (κ1) is 15.4. The minimum atomic E-state index is -1.41. The summed E-state index contributed by atoms with van der Waals surface area (Å²) < 4.78 is 10.6. The fourth-order valence-electron chi connectivity index (χ4n) is 2.56. The number of aliphatic hydroxyl groups excluding tert-OH is 1. The van der Waals surface area contributed by atoms with Crippen LogP contribution in [0.5, 0.6) is 0 Å². The summed E-state index contributed by atoms with van der Waals surface area (Å²) in [5, 5.41) is 20.6. The van der Waals surface area contributed by atoms with Gasteiger partial charge in [-0.15, -0.1) is 0 Å². The van der Waals surface area contributed by atoms with Gasteiger partial charge in [0.05, 0.1) is 5.56 Å². The number of nitro groups is 1. The van der Waals surface area contributed by atoms with Crippen LogP contribution < -0.4 is 0 Å². The van der Waals surface area contributed by atoms with Crippen LogP contribution in [0.25, 0.3) is 0 Å². The van der Waals surface area contributed by atoms with Crippen LogP contribution >= 0.6 is 0 Å². The van der Waals surface area contributed by atoms with Crippen LogP contribution in [-0.2, 0) is 9.47 Å². The average Bonchev–Trinajstić information content (AvgIpc) is 2.58. The van der Waals surface area contributed by atoms with Crippen molar-refractivity contribution in [3.05, 3.63) is 46.0 Å². The molecule has 3 atom stereocenters. The number of rotatable bonds is 4. The number of aliphatic hydroxyl groups is 1. The predicted molar refractivity (Wildman–Crippen MR) is 72.2 cm³/mol. The highest BCUT2D eigenvalue weighted by Crippen LogP contribution is 2.40. The molecule has 1 saturated heterocycles. The van der Waals surface area contributed by atoms with Gasteiger partial charge in [0, 0.05) is 11.3 Å². The molecule has 21 heavy (non-hydrogen) atoms. The smallest absolute Gasteiger partial charge is 0.338 e. The summed E-state index contributed by atoms with van der Waals surface area (Å²) in [5.41, 5.74) is -2.15. The molecule has 0 saturated carbocycles. The number of hydrogen-bond donors (Lipinski definition) is 1. The number of carbonyl (C=O) groups excluding carboxylic acids is 1. The molecule has 114 valence electrons. The SMILES string of the molecule is CC1(OC(=O)c2ccccc2)C[C@@](C)(C[N+](=O)[O-])OC1O. The molecule has 7 nitrogen and oxygen atoms in total. The predicted octanol–water partition coefficient (Wildman–Crippen LogP) is 1.38. The van der Waals surface area contributed by atoms with Crippen molar-refractivity contribution in [1.82, 2.24) is 0 Å². The second kappa shape index (κ2) is 5.42. The molecule has 1 aromatic rings. The van der Waals surface area contributed by atoms with Gasteiger partial charge < -0.3 is 14.6 Å². The van der Waals surface area contributed by atoms with Gasteiger partial charge in [-0.3, -0.25) is 10.1 Å². The first-order chi connectivity index (χ1) is 9.74. The zero-order valence-electron chi connectivity index (χ0n) is 11.8. The Bertz CT molecular complexity index is 548. The molecule has 2 rings (SSSR count). The Hall–Kier alpha value is -1.99. The van der Waals surface area contributed by atoms with Crippen molar-refractivity contribution in [3.63, 3.8) is 0 Å². The first-order valence-corrected chi connectivity index (χ1v) is 6.50. The van der Waals surface area contributed by atoms with E-state index in [-0.39, 0.29) is 6.42 Å². The van der Waals surface area contributed by atoms with Crippen molar-refractivity contribution in [3.8, 4) is 0 Å². The van der Waals surface area contributed by atoms with Gasteiger partial charge in [0.25, 0.3) is 0 Å². The summed E-state index contributed by atoms with van der Waals surface area (Å²) in [4.78, 5) is 22.2. The van der Waals surface area contributed by atoms with Crippen LogP contribution in [0.1, 0.15) is 30.6 Å². The summed E-state index contributed by atoms with van der Waals surface area (Å²) in [5.74, 6) is -0.605. The lowest BCUT2D eigenvalue weighted by Gasteiger charge is -2.26. The van der Waals surface area contributed by atoms with Crippen molar-refractivity contribution in [1.29, 1.82) is 0 Å². The van der Waals surface area contributed by atoms with E-state index in [4.69, 9.17) is 9.47 Å². The minimum absolute atomic E-state index is 0.0424. The Morgan fingerprint density at radius 2 is 2.10 bits per heavy atom. The fourth-order valence-corrected chi connectivity index (χ4v) is 2.56. The summed E-state index contributed by atoms with van der Waals surface area (Å²) in [6.45, 7) is 2.55. The van der Waals surface area contributed by atoms with E-state index in [0.717, 1.165) is 0 Å². The fraction of sp³-hybridized carbons (Fsp3) is 0.500. The lowest BCUT2D eigenvalue weighted by atomic mass is 9.93. The number of nitrogens with zero attached hydrogens (tertiary/aromatic N) is 1. The van der Waals surface area contributed by atoms with Gasteiger partial charge in [0.2, 0.25) is 6.54 Å².